The van der Waals surface area contributed by atoms with Crippen LogP contribution >= 0.6 is 15.9 Å². The molecule has 1 amide bonds. The highest BCUT2D eigenvalue weighted by Gasteiger charge is 2.12. The van der Waals surface area contributed by atoms with Crippen molar-refractivity contribution in [2.75, 3.05) is 10.7 Å². The van der Waals surface area contributed by atoms with E-state index in [1.165, 1.54) is 12.4 Å². The predicted octanol–water partition coefficient (Wildman–Crippen LogP) is 1.78. The lowest BCUT2D eigenvalue weighted by Crippen LogP contribution is -2.18. The first-order valence-electron chi connectivity index (χ1n) is 5.05. The minimum absolute atomic E-state index is 0.315. The summed E-state index contributed by atoms with van der Waals surface area (Å²) >= 11 is 3.30. The molecule has 0 aliphatic heterocycles. The number of anilines is 2. The molecule has 0 unspecified atom stereocenters. The third-order valence-corrected chi connectivity index (χ3v) is 2.85. The number of aromatic nitrogens is 2. The quantitative estimate of drug-likeness (QED) is 0.593. The second-order valence-electron chi connectivity index (χ2n) is 3.35. The Bertz CT molecular complexity index is 575. The summed E-state index contributed by atoms with van der Waals surface area (Å²) in [6, 6.07) is 5.12. The van der Waals surface area contributed by atoms with Crippen LogP contribution in [0.2, 0.25) is 0 Å². The Morgan fingerprint density at radius 1 is 1.33 bits per heavy atom. The lowest BCUT2D eigenvalue weighted by atomic mass is 10.2. The van der Waals surface area contributed by atoms with Gasteiger partial charge in [-0.2, -0.15) is 0 Å². The molecule has 2 aromatic heterocycles. The molecule has 2 rings (SSSR count). The average molecular weight is 308 g/mol. The van der Waals surface area contributed by atoms with Crippen LogP contribution in [-0.2, 0) is 0 Å². The van der Waals surface area contributed by atoms with Crippen LogP contribution in [0.1, 0.15) is 10.4 Å². The van der Waals surface area contributed by atoms with E-state index in [1.807, 2.05) is 0 Å². The molecule has 0 saturated heterocycles. The number of rotatable bonds is 3. The fourth-order valence-electron chi connectivity index (χ4n) is 1.36. The van der Waals surface area contributed by atoms with Crippen LogP contribution in [0.3, 0.4) is 0 Å². The van der Waals surface area contributed by atoms with Gasteiger partial charge in [0.05, 0.1) is 21.9 Å². The summed E-state index contributed by atoms with van der Waals surface area (Å²) in [5.41, 5.74) is 3.26. The first-order chi connectivity index (χ1) is 8.72. The van der Waals surface area contributed by atoms with Crippen molar-refractivity contribution in [3.63, 3.8) is 0 Å². The van der Waals surface area contributed by atoms with Gasteiger partial charge in [0.25, 0.3) is 5.91 Å². The van der Waals surface area contributed by atoms with Gasteiger partial charge in [-0.3, -0.25) is 15.6 Å². The van der Waals surface area contributed by atoms with Crippen molar-refractivity contribution in [1.29, 1.82) is 0 Å². The molecular formula is C11H10BrN5O. The minimum atomic E-state index is -0.315. The van der Waals surface area contributed by atoms with E-state index < -0.39 is 0 Å². The number of nitrogens with one attached hydrogen (secondary N) is 2. The van der Waals surface area contributed by atoms with E-state index in [-0.39, 0.29) is 5.91 Å². The molecule has 18 heavy (non-hydrogen) atoms. The summed E-state index contributed by atoms with van der Waals surface area (Å²) in [4.78, 5) is 20.0. The van der Waals surface area contributed by atoms with Crippen LogP contribution < -0.4 is 16.6 Å². The van der Waals surface area contributed by atoms with Crippen molar-refractivity contribution in [2.45, 2.75) is 0 Å². The predicted molar refractivity (Wildman–Crippen MR) is 71.9 cm³/mol. The van der Waals surface area contributed by atoms with Crippen molar-refractivity contribution < 1.29 is 4.79 Å². The van der Waals surface area contributed by atoms with Crippen molar-refractivity contribution >= 4 is 33.3 Å². The largest absolute Gasteiger partial charge is 0.322 e. The van der Waals surface area contributed by atoms with Gasteiger partial charge < -0.3 is 10.7 Å². The zero-order chi connectivity index (χ0) is 13.0. The number of hydrazine groups is 1. The van der Waals surface area contributed by atoms with E-state index in [2.05, 4.69) is 36.6 Å². The molecule has 92 valence electrons. The number of hydrogen-bond donors (Lipinski definition) is 3. The maximum atomic E-state index is 12.1. The first-order valence-corrected chi connectivity index (χ1v) is 5.84. The van der Waals surface area contributed by atoms with Crippen LogP contribution in [0.4, 0.5) is 11.5 Å². The highest BCUT2D eigenvalue weighted by atomic mass is 79.9. The summed E-state index contributed by atoms with van der Waals surface area (Å²) in [7, 11) is 0. The van der Waals surface area contributed by atoms with Gasteiger partial charge in [0, 0.05) is 12.4 Å². The van der Waals surface area contributed by atoms with E-state index in [0.29, 0.717) is 21.5 Å². The van der Waals surface area contributed by atoms with Crippen LogP contribution in [0.15, 0.2) is 41.3 Å². The third-order valence-electron chi connectivity index (χ3n) is 2.21. The normalized spacial score (nSPS) is 9.89. The Balaban J connectivity index is 2.25. The van der Waals surface area contributed by atoms with Gasteiger partial charge in [-0.1, -0.05) is 0 Å². The highest BCUT2D eigenvalue weighted by molar-refractivity contribution is 9.10. The Morgan fingerprint density at radius 2 is 2.17 bits per heavy atom. The number of hydrogen-bond acceptors (Lipinski definition) is 5. The zero-order valence-corrected chi connectivity index (χ0v) is 10.8. The maximum Gasteiger partial charge on any atom is 0.259 e. The topological polar surface area (TPSA) is 92.9 Å². The molecule has 2 aromatic rings. The van der Waals surface area contributed by atoms with E-state index in [1.54, 1.807) is 24.4 Å². The number of amides is 1. The van der Waals surface area contributed by atoms with Crippen molar-refractivity contribution in [2.24, 2.45) is 5.84 Å². The Morgan fingerprint density at radius 3 is 2.89 bits per heavy atom. The molecule has 0 aliphatic carbocycles. The lowest BCUT2D eigenvalue weighted by Gasteiger charge is -2.09. The van der Waals surface area contributed by atoms with Gasteiger partial charge in [0.2, 0.25) is 0 Å². The smallest absolute Gasteiger partial charge is 0.259 e. The fourth-order valence-corrected chi connectivity index (χ4v) is 1.71. The molecule has 6 nitrogen and oxygen atoms in total. The Kier molecular flexibility index (Phi) is 3.85. The monoisotopic (exact) mass is 307 g/mol. The first kappa shape index (κ1) is 12.5. The zero-order valence-electron chi connectivity index (χ0n) is 9.22. The summed E-state index contributed by atoms with van der Waals surface area (Å²) in [6.07, 6.45) is 4.58. The van der Waals surface area contributed by atoms with Crippen molar-refractivity contribution in [3.05, 3.63) is 46.8 Å². The van der Waals surface area contributed by atoms with E-state index >= 15 is 0 Å². The molecule has 0 aromatic carbocycles. The Labute approximate surface area is 112 Å². The molecule has 2 heterocycles. The molecule has 0 saturated carbocycles. The number of carbonyl (C=O) groups is 1. The molecule has 0 bridgehead atoms. The van der Waals surface area contributed by atoms with Crippen molar-refractivity contribution in [3.8, 4) is 0 Å². The second kappa shape index (κ2) is 5.56. The van der Waals surface area contributed by atoms with Crippen LogP contribution in [0.5, 0.6) is 0 Å². The van der Waals surface area contributed by atoms with Crippen LogP contribution in [-0.4, -0.2) is 15.9 Å². The Hall–Kier alpha value is -1.99. The number of carbonyl (C=O) groups excluding carboxylic acids is 1. The lowest BCUT2D eigenvalue weighted by molar-refractivity contribution is 0.102. The van der Waals surface area contributed by atoms with E-state index in [9.17, 15) is 4.79 Å². The molecule has 0 atom stereocenters. The molecule has 4 N–H and O–H groups in total. The number of nitrogen functional groups attached to an aromatic ring is 1. The SMILES string of the molecule is NNc1cnccc1C(=O)Nc1ncccc1Br. The number of halogens is 1. The number of nitrogens with two attached hydrogens (primary N) is 1. The summed E-state index contributed by atoms with van der Waals surface area (Å²) < 4.78 is 0.703. The maximum absolute atomic E-state index is 12.1. The van der Waals surface area contributed by atoms with Gasteiger partial charge in [0.1, 0.15) is 5.82 Å². The molecule has 0 fully saturated rings. The minimum Gasteiger partial charge on any atom is -0.322 e. The molecule has 0 aliphatic rings. The van der Waals surface area contributed by atoms with Gasteiger partial charge in [0.15, 0.2) is 0 Å². The molecular weight excluding hydrogens is 298 g/mol. The van der Waals surface area contributed by atoms with E-state index in [4.69, 9.17) is 5.84 Å². The second-order valence-corrected chi connectivity index (χ2v) is 4.21. The molecule has 0 spiro atoms. The summed E-state index contributed by atoms with van der Waals surface area (Å²) in [5.74, 6) is 5.45. The van der Waals surface area contributed by atoms with E-state index in [0.717, 1.165) is 0 Å². The number of nitrogens with zero attached hydrogens (tertiary/aromatic N) is 2. The van der Waals surface area contributed by atoms with Crippen molar-refractivity contribution in [1.82, 2.24) is 9.97 Å². The van der Waals surface area contributed by atoms with Gasteiger partial charge >= 0.3 is 0 Å². The molecule has 7 heteroatoms. The number of pyridine rings is 2. The van der Waals surface area contributed by atoms with Gasteiger partial charge in [-0.25, -0.2) is 4.98 Å². The fraction of sp³-hybridized carbons (Fsp3) is 0. The van der Waals surface area contributed by atoms with Crippen LogP contribution in [0, 0.1) is 0 Å². The standard InChI is InChI=1S/C11H10BrN5O/c12-8-2-1-4-15-10(8)16-11(18)7-3-5-14-6-9(7)17-13/h1-6,17H,13H2,(H,15,16,18). The van der Waals surface area contributed by atoms with Crippen LogP contribution in [0.25, 0.3) is 0 Å². The van der Waals surface area contributed by atoms with Gasteiger partial charge in [-0.15, -0.1) is 0 Å². The highest BCUT2D eigenvalue weighted by Crippen LogP contribution is 2.20. The summed E-state index contributed by atoms with van der Waals surface area (Å²) in [6.45, 7) is 0. The van der Waals surface area contributed by atoms with Gasteiger partial charge in [-0.05, 0) is 34.1 Å². The average Bonchev–Trinajstić information content (AvgIpc) is 2.41. The third kappa shape index (κ3) is 2.63. The molecule has 0 radical (unpaired) electrons. The summed E-state index contributed by atoms with van der Waals surface area (Å²) in [5, 5.41) is 2.68.